The Morgan fingerprint density at radius 2 is 2.43 bits per heavy atom. The van der Waals surface area contributed by atoms with Gasteiger partial charge in [0.1, 0.15) is 6.17 Å². The van der Waals surface area contributed by atoms with Crippen molar-refractivity contribution in [3.8, 4) is 0 Å². The van der Waals surface area contributed by atoms with E-state index in [1.807, 2.05) is 18.5 Å². The van der Waals surface area contributed by atoms with Crippen molar-refractivity contribution in [3.05, 3.63) is 22.4 Å². The summed E-state index contributed by atoms with van der Waals surface area (Å²) in [6.45, 7) is 3.13. The highest BCUT2D eigenvalue weighted by molar-refractivity contribution is 7.09. The number of halogens is 1. The van der Waals surface area contributed by atoms with E-state index in [-0.39, 0.29) is 17.9 Å². The van der Waals surface area contributed by atoms with E-state index in [1.165, 1.54) is 4.88 Å². The van der Waals surface area contributed by atoms with Gasteiger partial charge in [-0.15, -0.1) is 11.3 Å². The SMILES string of the molecule is CN(C[C@@H]1C[C@H](F)CN1Cc1cccs1)C(=O)C1CCCOC1. The van der Waals surface area contributed by atoms with Crippen molar-refractivity contribution in [2.45, 2.75) is 38.0 Å². The lowest BCUT2D eigenvalue weighted by Gasteiger charge is -2.31. The van der Waals surface area contributed by atoms with Crippen LogP contribution in [0.4, 0.5) is 4.39 Å². The first-order chi connectivity index (χ1) is 11.1. The van der Waals surface area contributed by atoms with Gasteiger partial charge in [-0.05, 0) is 30.7 Å². The second kappa shape index (κ2) is 7.73. The number of carbonyl (C=O) groups excluding carboxylic acids is 1. The van der Waals surface area contributed by atoms with Gasteiger partial charge in [-0.2, -0.15) is 0 Å². The number of carbonyl (C=O) groups is 1. The quantitative estimate of drug-likeness (QED) is 0.826. The minimum Gasteiger partial charge on any atom is -0.381 e. The van der Waals surface area contributed by atoms with E-state index >= 15 is 0 Å². The summed E-state index contributed by atoms with van der Waals surface area (Å²) in [4.78, 5) is 17.7. The highest BCUT2D eigenvalue weighted by atomic mass is 32.1. The summed E-state index contributed by atoms with van der Waals surface area (Å²) in [7, 11) is 1.84. The summed E-state index contributed by atoms with van der Waals surface area (Å²) in [5.41, 5.74) is 0. The summed E-state index contributed by atoms with van der Waals surface area (Å²) in [6.07, 6.45) is 1.58. The third-order valence-corrected chi connectivity index (χ3v) is 5.65. The number of ether oxygens (including phenoxy) is 1. The Hall–Kier alpha value is -0.980. The Kier molecular flexibility index (Phi) is 5.67. The van der Waals surface area contributed by atoms with Crippen molar-refractivity contribution in [1.82, 2.24) is 9.80 Å². The van der Waals surface area contributed by atoms with E-state index in [4.69, 9.17) is 4.74 Å². The monoisotopic (exact) mass is 340 g/mol. The summed E-state index contributed by atoms with van der Waals surface area (Å²) >= 11 is 1.70. The van der Waals surface area contributed by atoms with Crippen molar-refractivity contribution < 1.29 is 13.9 Å². The summed E-state index contributed by atoms with van der Waals surface area (Å²) in [6, 6.07) is 4.21. The first-order valence-electron chi connectivity index (χ1n) is 8.36. The smallest absolute Gasteiger partial charge is 0.227 e. The Morgan fingerprint density at radius 1 is 1.57 bits per heavy atom. The van der Waals surface area contributed by atoms with Crippen LogP contribution in [0.2, 0.25) is 0 Å². The molecule has 1 unspecified atom stereocenters. The van der Waals surface area contributed by atoms with E-state index in [2.05, 4.69) is 11.0 Å². The van der Waals surface area contributed by atoms with Crippen LogP contribution >= 0.6 is 11.3 Å². The second-order valence-electron chi connectivity index (χ2n) is 6.63. The number of hydrogen-bond acceptors (Lipinski definition) is 4. The lowest BCUT2D eigenvalue weighted by atomic mass is 10.0. The van der Waals surface area contributed by atoms with Gasteiger partial charge in [0.15, 0.2) is 0 Å². The number of thiophene rings is 1. The molecule has 0 aliphatic carbocycles. The maximum atomic E-state index is 13.9. The number of nitrogens with zero attached hydrogens (tertiary/aromatic N) is 2. The molecule has 2 saturated heterocycles. The Balaban J connectivity index is 1.56. The predicted octanol–water partition coefficient (Wildman–Crippen LogP) is 2.55. The number of likely N-dealkylation sites (N-methyl/N-ethyl adjacent to an activating group) is 1. The molecule has 1 aromatic rings. The number of alkyl halides is 1. The molecule has 128 valence electrons. The maximum Gasteiger partial charge on any atom is 0.227 e. The minimum absolute atomic E-state index is 0.0259. The average molecular weight is 340 g/mol. The van der Waals surface area contributed by atoms with E-state index in [1.54, 1.807) is 16.2 Å². The van der Waals surface area contributed by atoms with Crippen molar-refractivity contribution >= 4 is 17.2 Å². The van der Waals surface area contributed by atoms with Crippen molar-refractivity contribution in [1.29, 1.82) is 0 Å². The fourth-order valence-electron chi connectivity index (χ4n) is 3.56. The molecule has 4 nitrogen and oxygen atoms in total. The molecule has 0 spiro atoms. The van der Waals surface area contributed by atoms with Gasteiger partial charge in [0.25, 0.3) is 0 Å². The van der Waals surface area contributed by atoms with Crippen molar-refractivity contribution in [2.24, 2.45) is 5.92 Å². The van der Waals surface area contributed by atoms with Crippen LogP contribution in [0.3, 0.4) is 0 Å². The fourth-order valence-corrected chi connectivity index (χ4v) is 4.29. The summed E-state index contributed by atoms with van der Waals surface area (Å²) in [5, 5.41) is 2.05. The van der Waals surface area contributed by atoms with Crippen molar-refractivity contribution in [3.63, 3.8) is 0 Å². The van der Waals surface area contributed by atoms with Crippen LogP contribution in [0, 0.1) is 5.92 Å². The number of likely N-dealkylation sites (tertiary alicyclic amines) is 1. The highest BCUT2D eigenvalue weighted by Crippen LogP contribution is 2.25. The second-order valence-corrected chi connectivity index (χ2v) is 7.66. The molecule has 0 bridgehead atoms. The molecule has 0 radical (unpaired) electrons. The van der Waals surface area contributed by atoms with E-state index in [0.717, 1.165) is 26.0 Å². The molecule has 3 atom stereocenters. The Labute approximate surface area is 141 Å². The minimum atomic E-state index is -0.790. The summed E-state index contributed by atoms with van der Waals surface area (Å²) in [5.74, 6) is 0.116. The first-order valence-corrected chi connectivity index (χ1v) is 9.24. The third kappa shape index (κ3) is 4.31. The maximum absolute atomic E-state index is 13.9. The average Bonchev–Trinajstić information content (AvgIpc) is 3.18. The van der Waals surface area contributed by atoms with Crippen LogP contribution in [0.25, 0.3) is 0 Å². The normalized spacial score (nSPS) is 28.9. The van der Waals surface area contributed by atoms with Gasteiger partial charge in [-0.25, -0.2) is 4.39 Å². The molecule has 6 heteroatoms. The topological polar surface area (TPSA) is 32.8 Å². The van der Waals surface area contributed by atoms with Crippen LogP contribution in [-0.4, -0.2) is 61.3 Å². The molecule has 23 heavy (non-hydrogen) atoms. The van der Waals surface area contributed by atoms with Gasteiger partial charge in [0, 0.05) is 44.2 Å². The van der Waals surface area contributed by atoms with Gasteiger partial charge in [-0.3, -0.25) is 9.69 Å². The predicted molar refractivity (Wildman–Crippen MR) is 89.2 cm³/mol. The zero-order chi connectivity index (χ0) is 16.2. The number of rotatable bonds is 5. The van der Waals surface area contributed by atoms with Gasteiger partial charge >= 0.3 is 0 Å². The van der Waals surface area contributed by atoms with Crippen LogP contribution in [0.1, 0.15) is 24.1 Å². The van der Waals surface area contributed by atoms with Gasteiger partial charge in [-0.1, -0.05) is 6.07 Å². The lowest BCUT2D eigenvalue weighted by molar-refractivity contribution is -0.139. The molecule has 2 fully saturated rings. The lowest BCUT2D eigenvalue weighted by Crippen LogP contribution is -2.44. The molecular weight excluding hydrogens is 315 g/mol. The molecule has 1 amide bonds. The number of amides is 1. The van der Waals surface area contributed by atoms with Crippen LogP contribution < -0.4 is 0 Å². The molecule has 0 aromatic carbocycles. The molecular formula is C17H25FN2O2S. The van der Waals surface area contributed by atoms with Crippen LogP contribution in [0.15, 0.2) is 17.5 Å². The van der Waals surface area contributed by atoms with E-state index in [0.29, 0.717) is 26.1 Å². The molecule has 0 saturated carbocycles. The molecule has 0 N–H and O–H groups in total. The van der Waals surface area contributed by atoms with E-state index in [9.17, 15) is 9.18 Å². The standard InChI is InChI=1S/C17H25FN2O2S/c1-19(17(21)13-4-2-6-22-12-13)10-15-8-14(18)9-20(15)11-16-5-3-7-23-16/h3,5,7,13-15H,2,4,6,8-12H2,1H3/t13?,14-,15-/m0/s1. The van der Waals surface area contributed by atoms with Gasteiger partial charge in [0.2, 0.25) is 5.91 Å². The molecule has 2 aliphatic heterocycles. The van der Waals surface area contributed by atoms with E-state index < -0.39 is 6.17 Å². The fraction of sp³-hybridized carbons (Fsp3) is 0.706. The van der Waals surface area contributed by atoms with Gasteiger partial charge < -0.3 is 9.64 Å². The highest BCUT2D eigenvalue weighted by Gasteiger charge is 2.34. The third-order valence-electron chi connectivity index (χ3n) is 4.79. The largest absolute Gasteiger partial charge is 0.381 e. The van der Waals surface area contributed by atoms with Crippen molar-refractivity contribution in [2.75, 3.05) is 33.4 Å². The Morgan fingerprint density at radius 3 is 3.13 bits per heavy atom. The van der Waals surface area contributed by atoms with Crippen LogP contribution in [-0.2, 0) is 16.1 Å². The molecule has 2 aliphatic rings. The number of hydrogen-bond donors (Lipinski definition) is 0. The zero-order valence-electron chi connectivity index (χ0n) is 13.6. The van der Waals surface area contributed by atoms with Crippen LogP contribution in [0.5, 0.6) is 0 Å². The molecule has 3 heterocycles. The zero-order valence-corrected chi connectivity index (χ0v) is 14.4. The summed E-state index contributed by atoms with van der Waals surface area (Å²) < 4.78 is 19.3. The Bertz CT molecular complexity index is 505. The first kappa shape index (κ1) is 16.9. The molecule has 1 aromatic heterocycles. The van der Waals surface area contributed by atoms with Gasteiger partial charge in [0.05, 0.1) is 12.5 Å². The molecule has 3 rings (SSSR count).